The minimum absolute atomic E-state index is 0.0915. The van der Waals surface area contributed by atoms with E-state index < -0.39 is 22.4 Å². The first-order valence-electron chi connectivity index (χ1n) is 3.91. The van der Waals surface area contributed by atoms with Crippen molar-refractivity contribution in [3.8, 4) is 5.75 Å². The summed E-state index contributed by atoms with van der Waals surface area (Å²) in [6.07, 6.45) is 0. The zero-order valence-corrected chi connectivity index (χ0v) is 8.38. The van der Waals surface area contributed by atoms with Gasteiger partial charge in [0, 0.05) is 0 Å². The maximum Gasteiger partial charge on any atom is 0.387 e. The number of primary sulfonamides is 1. The third kappa shape index (κ3) is 4.71. The highest BCUT2D eigenvalue weighted by molar-refractivity contribution is 7.88. The maximum absolute atomic E-state index is 11.8. The molecule has 0 atom stereocenters. The molecule has 7 heteroatoms. The molecule has 0 aliphatic rings. The lowest BCUT2D eigenvalue weighted by Crippen LogP contribution is -2.14. The van der Waals surface area contributed by atoms with Crippen molar-refractivity contribution in [2.24, 2.45) is 5.14 Å². The fourth-order valence-electron chi connectivity index (χ4n) is 1.04. The van der Waals surface area contributed by atoms with E-state index in [0.29, 0.717) is 5.56 Å². The molecule has 0 spiro atoms. The van der Waals surface area contributed by atoms with Crippen LogP contribution >= 0.6 is 0 Å². The molecule has 84 valence electrons. The van der Waals surface area contributed by atoms with Gasteiger partial charge in [-0.05, 0) is 17.7 Å². The van der Waals surface area contributed by atoms with Gasteiger partial charge in [-0.25, -0.2) is 13.6 Å². The first-order valence-corrected chi connectivity index (χ1v) is 5.62. The van der Waals surface area contributed by atoms with Crippen LogP contribution in [0.5, 0.6) is 5.75 Å². The van der Waals surface area contributed by atoms with E-state index in [4.69, 9.17) is 5.14 Å². The fraction of sp³-hybridized carbons (Fsp3) is 0.250. The highest BCUT2D eigenvalue weighted by atomic mass is 32.2. The highest BCUT2D eigenvalue weighted by Crippen LogP contribution is 2.16. The van der Waals surface area contributed by atoms with Gasteiger partial charge in [0.1, 0.15) is 5.75 Å². The Morgan fingerprint density at radius 1 is 1.40 bits per heavy atom. The standard InChI is InChI=1S/C8H9F2NO3S/c9-8(10)14-7-3-1-2-6(4-7)5-15(11,12)13/h1-4,8H,5H2,(H2,11,12,13). The summed E-state index contributed by atoms with van der Waals surface area (Å²) in [5.41, 5.74) is 0.302. The molecular weight excluding hydrogens is 228 g/mol. The average Bonchev–Trinajstić information content (AvgIpc) is 1.99. The van der Waals surface area contributed by atoms with E-state index in [1.807, 2.05) is 0 Å². The summed E-state index contributed by atoms with van der Waals surface area (Å²) in [5, 5.41) is 4.80. The second-order valence-corrected chi connectivity index (χ2v) is 4.45. The summed E-state index contributed by atoms with van der Waals surface area (Å²) in [4.78, 5) is 0. The number of rotatable bonds is 4. The monoisotopic (exact) mass is 237 g/mol. The Labute approximate surface area is 85.7 Å². The Balaban J connectivity index is 2.83. The van der Waals surface area contributed by atoms with Crippen molar-refractivity contribution in [3.63, 3.8) is 0 Å². The molecule has 0 saturated carbocycles. The van der Waals surface area contributed by atoms with Crippen LogP contribution in [0.2, 0.25) is 0 Å². The summed E-state index contributed by atoms with van der Waals surface area (Å²) in [6, 6.07) is 5.39. The number of nitrogens with two attached hydrogens (primary N) is 1. The van der Waals surface area contributed by atoms with E-state index in [-0.39, 0.29) is 5.75 Å². The van der Waals surface area contributed by atoms with Crippen LogP contribution in [0.3, 0.4) is 0 Å². The molecule has 0 fully saturated rings. The van der Waals surface area contributed by atoms with Crippen LogP contribution in [0.25, 0.3) is 0 Å². The van der Waals surface area contributed by atoms with Gasteiger partial charge >= 0.3 is 6.61 Å². The molecule has 0 aromatic heterocycles. The average molecular weight is 237 g/mol. The van der Waals surface area contributed by atoms with Crippen LogP contribution in [0.1, 0.15) is 5.56 Å². The molecule has 0 amide bonds. The highest BCUT2D eigenvalue weighted by Gasteiger charge is 2.08. The molecule has 0 heterocycles. The number of hydrogen-bond acceptors (Lipinski definition) is 3. The summed E-state index contributed by atoms with van der Waals surface area (Å²) in [7, 11) is -3.67. The second kappa shape index (κ2) is 4.54. The molecule has 0 aliphatic carbocycles. The number of hydrogen-bond donors (Lipinski definition) is 1. The molecule has 1 rings (SSSR count). The van der Waals surface area contributed by atoms with Crippen LogP contribution < -0.4 is 9.88 Å². The molecule has 1 aromatic rings. The first-order chi connectivity index (χ1) is 6.87. The quantitative estimate of drug-likeness (QED) is 0.851. The van der Waals surface area contributed by atoms with Crippen LogP contribution in [-0.2, 0) is 15.8 Å². The lowest BCUT2D eigenvalue weighted by Gasteiger charge is -2.05. The Bertz CT molecular complexity index is 433. The normalized spacial score (nSPS) is 11.7. The van der Waals surface area contributed by atoms with Gasteiger partial charge in [-0.15, -0.1) is 0 Å². The van der Waals surface area contributed by atoms with E-state index in [1.54, 1.807) is 0 Å². The number of alkyl halides is 2. The van der Waals surface area contributed by atoms with E-state index in [0.717, 1.165) is 0 Å². The molecule has 1 aromatic carbocycles. The number of benzene rings is 1. The van der Waals surface area contributed by atoms with Crippen molar-refractivity contribution in [1.29, 1.82) is 0 Å². The van der Waals surface area contributed by atoms with Crippen molar-refractivity contribution in [3.05, 3.63) is 29.8 Å². The van der Waals surface area contributed by atoms with Gasteiger partial charge in [0.15, 0.2) is 0 Å². The second-order valence-electron chi connectivity index (χ2n) is 2.83. The molecule has 0 unspecified atom stereocenters. The van der Waals surface area contributed by atoms with Gasteiger partial charge in [-0.2, -0.15) is 8.78 Å². The summed E-state index contributed by atoms with van der Waals surface area (Å²) >= 11 is 0. The van der Waals surface area contributed by atoms with Gasteiger partial charge in [0.25, 0.3) is 0 Å². The van der Waals surface area contributed by atoms with Crippen molar-refractivity contribution in [1.82, 2.24) is 0 Å². The number of halogens is 2. The minimum atomic E-state index is -3.67. The Hall–Kier alpha value is -1.21. The summed E-state index contributed by atoms with van der Waals surface area (Å²) < 4.78 is 49.2. The smallest absolute Gasteiger partial charge is 0.387 e. The lowest BCUT2D eigenvalue weighted by molar-refractivity contribution is -0.0498. The SMILES string of the molecule is NS(=O)(=O)Cc1cccc(OC(F)F)c1. The molecule has 0 radical (unpaired) electrons. The third-order valence-electron chi connectivity index (χ3n) is 1.49. The van der Waals surface area contributed by atoms with E-state index in [1.165, 1.54) is 24.3 Å². The van der Waals surface area contributed by atoms with Gasteiger partial charge in [-0.1, -0.05) is 12.1 Å². The van der Waals surface area contributed by atoms with Crippen LogP contribution in [0, 0.1) is 0 Å². The van der Waals surface area contributed by atoms with Crippen LogP contribution in [0.4, 0.5) is 8.78 Å². The largest absolute Gasteiger partial charge is 0.435 e. The van der Waals surface area contributed by atoms with Gasteiger partial charge in [0.2, 0.25) is 10.0 Å². The zero-order valence-electron chi connectivity index (χ0n) is 7.56. The van der Waals surface area contributed by atoms with Crippen molar-refractivity contribution in [2.75, 3.05) is 0 Å². The molecule has 4 nitrogen and oxygen atoms in total. The number of sulfonamides is 1. The summed E-state index contributed by atoms with van der Waals surface area (Å²) in [6.45, 7) is -2.94. The molecular formula is C8H9F2NO3S. The number of ether oxygens (including phenoxy) is 1. The van der Waals surface area contributed by atoms with Gasteiger partial charge in [-0.3, -0.25) is 0 Å². The molecule has 0 aliphatic heterocycles. The van der Waals surface area contributed by atoms with Crippen LogP contribution in [0.15, 0.2) is 24.3 Å². The van der Waals surface area contributed by atoms with Crippen molar-refractivity contribution in [2.45, 2.75) is 12.4 Å². The Kier molecular flexibility index (Phi) is 3.59. The predicted octanol–water partition coefficient (Wildman–Crippen LogP) is 1.08. The molecule has 15 heavy (non-hydrogen) atoms. The minimum Gasteiger partial charge on any atom is -0.435 e. The van der Waals surface area contributed by atoms with Crippen molar-refractivity contribution < 1.29 is 21.9 Å². The lowest BCUT2D eigenvalue weighted by atomic mass is 10.2. The molecule has 2 N–H and O–H groups in total. The summed E-state index contributed by atoms with van der Waals surface area (Å²) in [5.74, 6) is -0.501. The Morgan fingerprint density at radius 3 is 2.60 bits per heavy atom. The predicted molar refractivity (Wildman–Crippen MR) is 49.9 cm³/mol. The Morgan fingerprint density at radius 2 is 2.07 bits per heavy atom. The molecule has 0 saturated heterocycles. The van der Waals surface area contributed by atoms with Gasteiger partial charge < -0.3 is 4.74 Å². The van der Waals surface area contributed by atoms with E-state index in [9.17, 15) is 17.2 Å². The van der Waals surface area contributed by atoms with E-state index >= 15 is 0 Å². The molecule has 0 bridgehead atoms. The van der Waals surface area contributed by atoms with Gasteiger partial charge in [0.05, 0.1) is 5.75 Å². The van der Waals surface area contributed by atoms with E-state index in [2.05, 4.69) is 4.74 Å². The van der Waals surface area contributed by atoms with Crippen molar-refractivity contribution >= 4 is 10.0 Å². The topological polar surface area (TPSA) is 69.4 Å². The fourth-order valence-corrected chi connectivity index (χ4v) is 1.69. The zero-order chi connectivity index (χ0) is 11.5. The third-order valence-corrected chi connectivity index (χ3v) is 2.23. The van der Waals surface area contributed by atoms with Crippen LogP contribution in [-0.4, -0.2) is 15.0 Å². The maximum atomic E-state index is 11.8. The first kappa shape index (κ1) is 11.9.